The van der Waals surface area contributed by atoms with Crippen LogP contribution in [0.4, 0.5) is 0 Å². The first-order chi connectivity index (χ1) is 18.8. The van der Waals surface area contributed by atoms with Gasteiger partial charge in [-0.25, -0.2) is 0 Å². The van der Waals surface area contributed by atoms with E-state index in [4.69, 9.17) is 14.7 Å². The van der Waals surface area contributed by atoms with Gasteiger partial charge in [-0.15, -0.1) is 0 Å². The van der Waals surface area contributed by atoms with E-state index < -0.39 is 14.4 Å². The van der Waals surface area contributed by atoms with Crippen LogP contribution >= 0.6 is 0 Å². The fourth-order valence-electron chi connectivity index (χ4n) is 5.20. The van der Waals surface area contributed by atoms with Crippen molar-refractivity contribution in [3.63, 3.8) is 0 Å². The monoisotopic (exact) mass is 542 g/mol. The summed E-state index contributed by atoms with van der Waals surface area (Å²) in [5, 5.41) is 2.22. The van der Waals surface area contributed by atoms with Crippen LogP contribution in [-0.4, -0.2) is 37.3 Å². The molecule has 6 heteroatoms. The largest absolute Gasteiger partial charge is 0.404 e. The highest BCUT2D eigenvalue weighted by Crippen LogP contribution is 2.38. The summed E-state index contributed by atoms with van der Waals surface area (Å²) >= 11 is 0. The van der Waals surface area contributed by atoms with Gasteiger partial charge in [0.05, 0.1) is 6.61 Å². The summed E-state index contributed by atoms with van der Waals surface area (Å²) in [6.07, 6.45) is 4.30. The van der Waals surface area contributed by atoms with Crippen molar-refractivity contribution in [1.82, 2.24) is 0 Å². The summed E-state index contributed by atoms with van der Waals surface area (Å²) in [6.45, 7) is 9.25. The van der Waals surface area contributed by atoms with Crippen molar-refractivity contribution in [2.75, 3.05) is 0 Å². The molecule has 0 aliphatic heterocycles. The lowest BCUT2D eigenvalue weighted by Gasteiger charge is -2.45. The maximum Gasteiger partial charge on any atom is 0.325 e. The van der Waals surface area contributed by atoms with Gasteiger partial charge in [-0.1, -0.05) is 138 Å². The fraction of sp³-hybridized carbons (Fsp3) is 0.394. The van der Waals surface area contributed by atoms with Crippen LogP contribution in [0.15, 0.2) is 91.0 Å². The first kappa shape index (κ1) is 30.4. The quantitative estimate of drug-likeness (QED) is 0.0738. The Morgan fingerprint density at radius 3 is 1.92 bits per heavy atom. The van der Waals surface area contributed by atoms with Gasteiger partial charge in [0.2, 0.25) is 0 Å². The summed E-state index contributed by atoms with van der Waals surface area (Å²) < 4.78 is 13.6. The van der Waals surface area contributed by atoms with Gasteiger partial charge < -0.3 is 14.7 Å². The van der Waals surface area contributed by atoms with E-state index in [0.717, 1.165) is 37.5 Å². The summed E-state index contributed by atoms with van der Waals surface area (Å²) in [5.74, 6) is -0.361. The summed E-state index contributed by atoms with van der Waals surface area (Å²) in [6, 6.07) is 30.9. The van der Waals surface area contributed by atoms with Gasteiger partial charge in [-0.05, 0) is 27.4 Å². The number of benzene rings is 3. The predicted molar refractivity (Wildman–Crippen MR) is 161 cm³/mol. The van der Waals surface area contributed by atoms with Crippen LogP contribution < -0.4 is 10.4 Å². The molecule has 3 aromatic carbocycles. The second kappa shape index (κ2) is 14.9. The summed E-state index contributed by atoms with van der Waals surface area (Å²) in [4.78, 5) is 16.1. The van der Waals surface area contributed by atoms with Crippen molar-refractivity contribution in [2.45, 2.75) is 83.7 Å². The highest BCUT2D eigenvalue weighted by Gasteiger charge is 2.51. The Morgan fingerprint density at radius 2 is 1.44 bits per heavy atom. The highest BCUT2D eigenvalue weighted by molar-refractivity contribution is 6.99. The Labute approximate surface area is 234 Å². The third-order valence-electron chi connectivity index (χ3n) is 7.16. The lowest BCUT2D eigenvalue weighted by Crippen LogP contribution is -2.67. The molecule has 39 heavy (non-hydrogen) atoms. The van der Waals surface area contributed by atoms with E-state index in [1.807, 2.05) is 42.5 Å². The summed E-state index contributed by atoms with van der Waals surface area (Å²) in [7, 11) is -2.83. The second-order valence-electron chi connectivity index (χ2n) is 11.1. The lowest BCUT2D eigenvalue weighted by molar-refractivity contribution is -0.129. The molecule has 0 aliphatic rings. The van der Waals surface area contributed by atoms with Crippen molar-refractivity contribution in [3.8, 4) is 0 Å². The lowest BCUT2D eigenvalue weighted by atomic mass is 10.0. The molecule has 0 saturated heterocycles. The molecule has 3 aromatic rings. The molecule has 0 bridgehead atoms. The average Bonchev–Trinajstić information content (AvgIpc) is 2.94. The molecule has 206 valence electrons. The fourth-order valence-corrected chi connectivity index (χ4v) is 9.93. The zero-order valence-corrected chi connectivity index (χ0v) is 24.8. The van der Waals surface area contributed by atoms with Crippen molar-refractivity contribution in [2.24, 2.45) is 0 Å². The number of hydrogen-bond donors (Lipinski definition) is 0. The van der Waals surface area contributed by atoms with E-state index in [0.29, 0.717) is 6.42 Å². The molecular formula is C33H42N2O3Si. The summed E-state index contributed by atoms with van der Waals surface area (Å²) in [5.41, 5.74) is 10.1. The van der Waals surface area contributed by atoms with Crippen LogP contribution in [-0.2, 0) is 20.6 Å². The molecule has 0 radical (unpaired) electrons. The molecule has 5 nitrogen and oxygen atoms in total. The van der Waals surface area contributed by atoms with E-state index in [1.54, 1.807) is 0 Å². The smallest absolute Gasteiger partial charge is 0.325 e. The molecular weight excluding hydrogens is 500 g/mol. The third-order valence-corrected chi connectivity index (χ3v) is 12.3. The Bertz CT molecular complexity index is 1150. The molecule has 2 atom stereocenters. The zero-order chi connectivity index (χ0) is 28.1. The van der Waals surface area contributed by atoms with Crippen LogP contribution in [0.5, 0.6) is 0 Å². The minimum Gasteiger partial charge on any atom is -0.404 e. The van der Waals surface area contributed by atoms with Crippen LogP contribution in [0.1, 0.15) is 65.4 Å². The maximum atomic E-state index is 13.1. The number of hydrogen-bond acceptors (Lipinski definition) is 3. The Kier molecular flexibility index (Phi) is 11.6. The number of ether oxygens (including phenoxy) is 1. The Balaban J connectivity index is 2.03. The Hall–Kier alpha value is -3.15. The third kappa shape index (κ3) is 8.17. The van der Waals surface area contributed by atoms with E-state index in [1.165, 1.54) is 10.4 Å². The van der Waals surface area contributed by atoms with Gasteiger partial charge in [-0.2, -0.15) is 4.79 Å². The zero-order valence-electron chi connectivity index (χ0n) is 23.8. The standard InChI is InChI=1S/C33H42N2O3Si/c1-5-6-10-19-28(24-32(31(36)25-35-34)37-26-27-17-11-7-12-18-27)38-39(33(2,3)4,29-20-13-8-14-21-29)30-22-15-9-16-23-30/h7-9,11-18,20-23,25,28,32H,5-6,10,19,24,26H2,1-4H3/t28-,32-/m1/s1. The van der Waals surface area contributed by atoms with E-state index in [-0.39, 0.29) is 23.5 Å². The van der Waals surface area contributed by atoms with Crippen LogP contribution in [0.25, 0.3) is 5.53 Å². The number of nitrogens with zero attached hydrogens (tertiary/aromatic N) is 2. The van der Waals surface area contributed by atoms with Crippen molar-refractivity contribution in [1.29, 1.82) is 0 Å². The molecule has 0 N–H and O–H groups in total. The molecule has 3 rings (SSSR count). The molecule has 0 spiro atoms. The van der Waals surface area contributed by atoms with Crippen LogP contribution in [0.2, 0.25) is 5.04 Å². The topological polar surface area (TPSA) is 71.9 Å². The van der Waals surface area contributed by atoms with Gasteiger partial charge in [0.25, 0.3) is 14.1 Å². The molecule has 0 aromatic heterocycles. The first-order valence-corrected chi connectivity index (χ1v) is 15.9. The van der Waals surface area contributed by atoms with E-state index in [9.17, 15) is 4.79 Å². The first-order valence-electron chi connectivity index (χ1n) is 14.0. The van der Waals surface area contributed by atoms with Crippen LogP contribution in [0.3, 0.4) is 0 Å². The van der Waals surface area contributed by atoms with Gasteiger partial charge in [0, 0.05) is 12.5 Å². The van der Waals surface area contributed by atoms with Gasteiger partial charge in [0.15, 0.2) is 0 Å². The van der Waals surface area contributed by atoms with Crippen LogP contribution in [0, 0.1) is 0 Å². The minimum atomic E-state index is -2.83. The number of carbonyl (C=O) groups is 1. The van der Waals surface area contributed by atoms with Crippen molar-refractivity contribution < 1.29 is 18.7 Å². The molecule has 0 heterocycles. The van der Waals surface area contributed by atoms with Gasteiger partial charge in [0.1, 0.15) is 6.10 Å². The highest BCUT2D eigenvalue weighted by atomic mass is 28.4. The second-order valence-corrected chi connectivity index (χ2v) is 15.3. The number of Topliss-reactive ketones (excluding diaryl/α,β-unsaturated/α-hetero) is 1. The van der Waals surface area contributed by atoms with Gasteiger partial charge in [-0.3, -0.25) is 4.79 Å². The molecule has 0 fully saturated rings. The van der Waals surface area contributed by atoms with Crippen molar-refractivity contribution >= 4 is 30.7 Å². The Morgan fingerprint density at radius 1 is 0.897 bits per heavy atom. The minimum absolute atomic E-state index is 0.185. The molecule has 0 saturated carbocycles. The van der Waals surface area contributed by atoms with Gasteiger partial charge >= 0.3 is 6.21 Å². The van der Waals surface area contributed by atoms with E-state index >= 15 is 0 Å². The molecule has 0 amide bonds. The normalized spacial score (nSPS) is 13.3. The van der Waals surface area contributed by atoms with Crippen molar-refractivity contribution in [3.05, 3.63) is 102 Å². The SMILES string of the molecule is CCCCC[C@H](C[C@@H](OCc1ccccc1)C(=O)C=[N+]=[N-])O[Si](c1ccccc1)(c1ccccc1)C(C)(C)C. The average molecular weight is 543 g/mol. The van der Waals surface area contributed by atoms with E-state index in [2.05, 4.69) is 81.0 Å². The molecule has 0 unspecified atom stereocenters. The predicted octanol–water partition coefficient (Wildman–Crippen LogP) is 6.36. The number of carbonyl (C=O) groups excluding carboxylic acids is 1. The number of rotatable bonds is 15. The number of unbranched alkanes of at least 4 members (excludes halogenated alkanes) is 2. The molecule has 0 aliphatic carbocycles. The number of ketones is 1. The maximum absolute atomic E-state index is 13.1.